The van der Waals surface area contributed by atoms with E-state index in [0.717, 1.165) is 0 Å². The van der Waals surface area contributed by atoms with Crippen LogP contribution in [0.3, 0.4) is 0 Å². The van der Waals surface area contributed by atoms with Gasteiger partial charge in [-0.15, -0.1) is 0 Å². The minimum absolute atomic E-state index is 0.0467. The van der Waals surface area contributed by atoms with Crippen molar-refractivity contribution in [3.8, 4) is 5.75 Å². The van der Waals surface area contributed by atoms with Crippen LogP contribution in [0, 0.1) is 0 Å². The third-order valence-electron chi connectivity index (χ3n) is 7.98. The first kappa shape index (κ1) is 42.9. The van der Waals surface area contributed by atoms with E-state index in [1.54, 1.807) is 54.0 Å². The van der Waals surface area contributed by atoms with Gasteiger partial charge in [0, 0.05) is 27.3 Å². The second kappa shape index (κ2) is 21.2. The SMILES string of the molecule is COCCOCCN(C)C(=O)C1O[C@@H](OCCCO[C@@H]2C(C(=O)OCc3ccc(O)cc3)O[C@@H](OC(C)C)[C@@H](O)[C@H]2O)[C@@H](O)[C@@H](O)[C@@H]1OC(C)C. The first-order valence-electron chi connectivity index (χ1n) is 17.1. The van der Waals surface area contributed by atoms with Crippen LogP contribution in [0.4, 0.5) is 0 Å². The van der Waals surface area contributed by atoms with Crippen LogP contribution in [0.2, 0.25) is 0 Å². The monoisotopic (exact) mass is 733 g/mol. The number of aliphatic hydroxyl groups excluding tert-OH is 4. The van der Waals surface area contributed by atoms with E-state index in [2.05, 4.69) is 0 Å². The Morgan fingerprint density at radius 3 is 2.02 bits per heavy atom. The topological polar surface area (TPSA) is 222 Å². The molecule has 5 N–H and O–H groups in total. The van der Waals surface area contributed by atoms with Crippen molar-refractivity contribution in [3.63, 3.8) is 0 Å². The molecular weight excluding hydrogens is 678 g/mol. The number of aromatic hydroxyl groups is 1. The molecule has 0 aliphatic carbocycles. The van der Waals surface area contributed by atoms with Gasteiger partial charge in [0.05, 0.1) is 38.6 Å². The van der Waals surface area contributed by atoms with Gasteiger partial charge < -0.3 is 73.1 Å². The fourth-order valence-electron chi connectivity index (χ4n) is 5.31. The smallest absolute Gasteiger partial charge is 0.338 e. The van der Waals surface area contributed by atoms with Crippen molar-refractivity contribution in [1.82, 2.24) is 4.90 Å². The summed E-state index contributed by atoms with van der Waals surface area (Å²) in [5.41, 5.74) is 0.587. The predicted octanol–water partition coefficient (Wildman–Crippen LogP) is -0.539. The molecule has 1 aromatic carbocycles. The number of ether oxygens (including phenoxy) is 9. The maximum atomic E-state index is 13.4. The van der Waals surface area contributed by atoms with Crippen LogP contribution in [0.5, 0.6) is 5.75 Å². The van der Waals surface area contributed by atoms with E-state index in [1.807, 2.05) is 0 Å². The number of hydrogen-bond donors (Lipinski definition) is 5. The summed E-state index contributed by atoms with van der Waals surface area (Å²) in [6, 6.07) is 6.02. The van der Waals surface area contributed by atoms with E-state index in [-0.39, 0.29) is 45.1 Å². The summed E-state index contributed by atoms with van der Waals surface area (Å²) in [6.45, 7) is 7.68. The minimum Gasteiger partial charge on any atom is -0.508 e. The molecule has 0 bridgehead atoms. The summed E-state index contributed by atoms with van der Waals surface area (Å²) in [4.78, 5) is 27.9. The maximum absolute atomic E-state index is 13.4. The van der Waals surface area contributed by atoms with Gasteiger partial charge in [-0.2, -0.15) is 0 Å². The van der Waals surface area contributed by atoms with Crippen molar-refractivity contribution in [2.45, 2.75) is 114 Å². The molecule has 0 saturated carbocycles. The van der Waals surface area contributed by atoms with Gasteiger partial charge in [-0.05, 0) is 51.8 Å². The fourth-order valence-corrected chi connectivity index (χ4v) is 5.31. The van der Waals surface area contributed by atoms with Gasteiger partial charge in [-0.3, -0.25) is 4.79 Å². The predicted molar refractivity (Wildman–Crippen MR) is 176 cm³/mol. The van der Waals surface area contributed by atoms with Gasteiger partial charge in [0.2, 0.25) is 0 Å². The molecule has 2 unspecified atom stereocenters. The molecule has 51 heavy (non-hydrogen) atoms. The van der Waals surface area contributed by atoms with E-state index in [4.69, 9.17) is 42.6 Å². The number of benzene rings is 1. The molecule has 2 aliphatic heterocycles. The van der Waals surface area contributed by atoms with Crippen molar-refractivity contribution < 1.29 is 77.8 Å². The van der Waals surface area contributed by atoms with Gasteiger partial charge in [-0.25, -0.2) is 4.79 Å². The number of nitrogens with zero attached hydrogens (tertiary/aromatic N) is 1. The molecule has 2 heterocycles. The third kappa shape index (κ3) is 12.8. The number of amides is 1. The largest absolute Gasteiger partial charge is 0.508 e. The lowest BCUT2D eigenvalue weighted by atomic mass is 9.97. The van der Waals surface area contributed by atoms with Crippen molar-refractivity contribution in [2.75, 3.05) is 53.7 Å². The van der Waals surface area contributed by atoms with Crippen LogP contribution in [0.15, 0.2) is 24.3 Å². The molecule has 2 aliphatic rings. The number of carbonyl (C=O) groups excluding carboxylic acids is 2. The Morgan fingerprint density at radius 2 is 1.37 bits per heavy atom. The van der Waals surface area contributed by atoms with Gasteiger partial charge in [0.15, 0.2) is 24.8 Å². The molecule has 1 aromatic rings. The standard InChI is InChI=1S/C34H55NO16/c1-19(2)48-28-24(38)25(39)33(50-29(28)31(41)35(5)12-15-44-17-16-43-6)46-14-7-13-45-27-23(37)26(40)34(49-20(3)4)51-30(27)32(42)47-18-21-8-10-22(36)11-9-21/h8-11,19-20,23-30,33-34,36-40H,7,12-18H2,1-6H3/t23-,24-,25+,26+,27+,28+,29?,30?,33-,34-/m1/s1. The first-order valence-corrected chi connectivity index (χ1v) is 17.1. The highest BCUT2D eigenvalue weighted by molar-refractivity contribution is 5.81. The van der Waals surface area contributed by atoms with Crippen LogP contribution < -0.4 is 0 Å². The Labute approximate surface area is 298 Å². The average molecular weight is 734 g/mol. The Balaban J connectivity index is 1.60. The zero-order valence-corrected chi connectivity index (χ0v) is 30.1. The van der Waals surface area contributed by atoms with Crippen LogP contribution in [0.25, 0.3) is 0 Å². The number of carbonyl (C=O) groups is 2. The molecule has 0 spiro atoms. The minimum atomic E-state index is -1.60. The van der Waals surface area contributed by atoms with Crippen molar-refractivity contribution in [2.24, 2.45) is 0 Å². The number of rotatable bonds is 20. The number of methoxy groups -OCH3 is 1. The normalized spacial score (nSPS) is 29.7. The molecule has 0 aromatic heterocycles. The van der Waals surface area contributed by atoms with Crippen molar-refractivity contribution in [3.05, 3.63) is 29.8 Å². The summed E-state index contributed by atoms with van der Waals surface area (Å²) in [5, 5.41) is 52.9. The van der Waals surface area contributed by atoms with Gasteiger partial charge in [0.25, 0.3) is 5.91 Å². The molecule has 10 atom stereocenters. The highest BCUT2D eigenvalue weighted by Gasteiger charge is 2.51. The summed E-state index contributed by atoms with van der Waals surface area (Å²) in [5.74, 6) is -1.34. The Bertz CT molecular complexity index is 1170. The van der Waals surface area contributed by atoms with E-state index in [1.165, 1.54) is 17.0 Å². The molecule has 3 rings (SSSR count). The molecule has 17 heteroatoms. The molecule has 0 radical (unpaired) electrons. The second-order valence-corrected chi connectivity index (χ2v) is 12.8. The first-order chi connectivity index (χ1) is 24.2. The Kier molecular flexibility index (Phi) is 17.9. The van der Waals surface area contributed by atoms with Gasteiger partial charge >= 0.3 is 5.97 Å². The number of phenols is 1. The van der Waals surface area contributed by atoms with Gasteiger partial charge in [-0.1, -0.05) is 12.1 Å². The maximum Gasteiger partial charge on any atom is 0.338 e. The van der Waals surface area contributed by atoms with E-state index in [9.17, 15) is 35.1 Å². The van der Waals surface area contributed by atoms with Crippen LogP contribution >= 0.6 is 0 Å². The summed E-state index contributed by atoms with van der Waals surface area (Å²) in [6.07, 6.45) is -15.0. The van der Waals surface area contributed by atoms with E-state index >= 15 is 0 Å². The zero-order valence-electron chi connectivity index (χ0n) is 30.1. The molecule has 17 nitrogen and oxygen atoms in total. The van der Waals surface area contributed by atoms with Crippen molar-refractivity contribution >= 4 is 11.9 Å². The molecule has 1 amide bonds. The summed E-state index contributed by atoms with van der Waals surface area (Å²) in [7, 11) is 3.10. The third-order valence-corrected chi connectivity index (χ3v) is 7.98. The highest BCUT2D eigenvalue weighted by Crippen LogP contribution is 2.29. The fraction of sp³-hybridized carbons (Fsp3) is 0.765. The molecular formula is C34H55NO16. The highest BCUT2D eigenvalue weighted by atomic mass is 16.7. The lowest BCUT2D eigenvalue weighted by molar-refractivity contribution is -0.310. The Hall–Kier alpha value is -2.52. The number of esters is 1. The van der Waals surface area contributed by atoms with Crippen LogP contribution in [-0.4, -0.2) is 170 Å². The summed E-state index contributed by atoms with van der Waals surface area (Å²) >= 11 is 0. The lowest BCUT2D eigenvalue weighted by Crippen LogP contribution is -2.63. The quantitative estimate of drug-likeness (QED) is 0.0839. The second-order valence-electron chi connectivity index (χ2n) is 12.8. The Morgan fingerprint density at radius 1 is 0.765 bits per heavy atom. The molecule has 292 valence electrons. The number of aliphatic hydroxyl groups is 4. The van der Waals surface area contributed by atoms with Crippen LogP contribution in [-0.2, 0) is 58.8 Å². The zero-order chi connectivity index (χ0) is 37.7. The number of phenolic OH excluding ortho intramolecular Hbond substituents is 1. The molecule has 2 fully saturated rings. The summed E-state index contributed by atoms with van der Waals surface area (Å²) < 4.78 is 50.3. The van der Waals surface area contributed by atoms with Crippen LogP contribution in [0.1, 0.15) is 39.7 Å². The average Bonchev–Trinajstić information content (AvgIpc) is 3.09. The van der Waals surface area contributed by atoms with Crippen molar-refractivity contribution in [1.29, 1.82) is 0 Å². The number of likely N-dealkylation sites (N-methyl/N-ethyl adjacent to an activating group) is 1. The molecule has 2 saturated heterocycles. The van der Waals surface area contributed by atoms with E-state index < -0.39 is 85.5 Å². The van der Waals surface area contributed by atoms with E-state index in [0.29, 0.717) is 18.8 Å². The lowest BCUT2D eigenvalue weighted by Gasteiger charge is -2.43. The van der Waals surface area contributed by atoms with Gasteiger partial charge in [0.1, 0.15) is 49.0 Å². The number of hydrogen-bond acceptors (Lipinski definition) is 16.